The molecule has 1 rings (SSSR count). The van der Waals surface area contributed by atoms with Gasteiger partial charge in [0.1, 0.15) is 5.75 Å². The lowest BCUT2D eigenvalue weighted by Gasteiger charge is -2.10. The van der Waals surface area contributed by atoms with Gasteiger partial charge in [-0.15, -0.1) is 0 Å². The zero-order valence-electron chi connectivity index (χ0n) is 8.25. The molecule has 7 heteroatoms. The third kappa shape index (κ3) is 3.41. The minimum Gasteiger partial charge on any atom is -0.507 e. The summed E-state index contributed by atoms with van der Waals surface area (Å²) < 4.78 is 58.9. The molecule has 3 nitrogen and oxygen atoms in total. The Morgan fingerprint density at radius 2 is 1.88 bits per heavy atom. The van der Waals surface area contributed by atoms with E-state index in [1.54, 1.807) is 0 Å². The molecular weight excluding hydrogens is 245 g/mol. The van der Waals surface area contributed by atoms with E-state index in [1.165, 1.54) is 0 Å². The third-order valence-corrected chi connectivity index (χ3v) is 2.65. The Bertz CT molecular complexity index is 491. The molecule has 0 bridgehead atoms. The SMILES string of the molecule is CS(=O)(=O)Cc1ccc(O)c(C(F)(F)F)c1. The summed E-state index contributed by atoms with van der Waals surface area (Å²) in [6, 6.07) is 2.62. The second-order valence-corrected chi connectivity index (χ2v) is 5.56. The van der Waals surface area contributed by atoms with E-state index >= 15 is 0 Å². The minimum absolute atomic E-state index is 0.00683. The van der Waals surface area contributed by atoms with Crippen LogP contribution in [0.4, 0.5) is 13.2 Å². The summed E-state index contributed by atoms with van der Waals surface area (Å²) in [5.41, 5.74) is -1.23. The van der Waals surface area contributed by atoms with Crippen LogP contribution in [0, 0.1) is 0 Å². The number of rotatable bonds is 2. The summed E-state index contributed by atoms with van der Waals surface area (Å²) in [7, 11) is -3.40. The molecule has 16 heavy (non-hydrogen) atoms. The van der Waals surface area contributed by atoms with Gasteiger partial charge in [0, 0.05) is 6.26 Å². The summed E-state index contributed by atoms with van der Waals surface area (Å²) in [6.07, 6.45) is -3.77. The maximum absolute atomic E-state index is 12.4. The highest BCUT2D eigenvalue weighted by Gasteiger charge is 2.34. The Morgan fingerprint density at radius 1 is 1.31 bits per heavy atom. The first-order valence-corrected chi connectivity index (χ1v) is 6.22. The van der Waals surface area contributed by atoms with Crippen LogP contribution in [-0.4, -0.2) is 19.8 Å². The van der Waals surface area contributed by atoms with E-state index in [4.69, 9.17) is 5.11 Å². The minimum atomic E-state index is -4.70. The maximum Gasteiger partial charge on any atom is 0.419 e. The Labute approximate surface area is 90.4 Å². The van der Waals surface area contributed by atoms with Crippen molar-refractivity contribution in [2.45, 2.75) is 11.9 Å². The van der Waals surface area contributed by atoms with Gasteiger partial charge in [0.15, 0.2) is 9.84 Å². The van der Waals surface area contributed by atoms with Gasteiger partial charge >= 0.3 is 6.18 Å². The third-order valence-electron chi connectivity index (χ3n) is 1.80. The fourth-order valence-corrected chi connectivity index (χ4v) is 1.99. The molecule has 0 unspecified atom stereocenters. The lowest BCUT2D eigenvalue weighted by Crippen LogP contribution is -2.07. The number of alkyl halides is 3. The van der Waals surface area contributed by atoms with Crippen LogP contribution in [0.25, 0.3) is 0 Å². The topological polar surface area (TPSA) is 54.4 Å². The van der Waals surface area contributed by atoms with Crippen LogP contribution < -0.4 is 0 Å². The molecule has 0 aliphatic carbocycles. The predicted octanol–water partition coefficient (Wildman–Crippen LogP) is 1.96. The number of hydrogen-bond donors (Lipinski definition) is 1. The summed E-state index contributed by atoms with van der Waals surface area (Å²) in [4.78, 5) is 0. The highest BCUT2D eigenvalue weighted by molar-refractivity contribution is 7.89. The van der Waals surface area contributed by atoms with E-state index in [2.05, 4.69) is 0 Å². The van der Waals surface area contributed by atoms with E-state index in [-0.39, 0.29) is 5.56 Å². The van der Waals surface area contributed by atoms with Crippen LogP contribution in [0.1, 0.15) is 11.1 Å². The summed E-state index contributed by atoms with van der Waals surface area (Å²) in [6.45, 7) is 0. The number of benzene rings is 1. The van der Waals surface area contributed by atoms with Crippen molar-refractivity contribution < 1.29 is 26.7 Å². The highest BCUT2D eigenvalue weighted by Crippen LogP contribution is 2.36. The van der Waals surface area contributed by atoms with Crippen molar-refractivity contribution in [1.29, 1.82) is 0 Å². The van der Waals surface area contributed by atoms with Crippen molar-refractivity contribution in [3.05, 3.63) is 29.3 Å². The van der Waals surface area contributed by atoms with Crippen molar-refractivity contribution in [3.63, 3.8) is 0 Å². The fourth-order valence-electron chi connectivity index (χ4n) is 1.20. The van der Waals surface area contributed by atoms with Gasteiger partial charge in [-0.25, -0.2) is 8.42 Å². The maximum atomic E-state index is 12.4. The molecule has 0 atom stereocenters. The molecule has 0 spiro atoms. The second-order valence-electron chi connectivity index (χ2n) is 3.42. The number of halogens is 3. The van der Waals surface area contributed by atoms with Gasteiger partial charge in [-0.05, 0) is 17.7 Å². The summed E-state index contributed by atoms with van der Waals surface area (Å²) in [5.74, 6) is -1.40. The van der Waals surface area contributed by atoms with Gasteiger partial charge in [0.2, 0.25) is 0 Å². The van der Waals surface area contributed by atoms with Crippen molar-refractivity contribution in [2.24, 2.45) is 0 Å². The molecule has 1 aromatic carbocycles. The number of hydrogen-bond acceptors (Lipinski definition) is 3. The van der Waals surface area contributed by atoms with E-state index in [1.807, 2.05) is 0 Å². The van der Waals surface area contributed by atoms with Crippen molar-refractivity contribution >= 4 is 9.84 Å². The van der Waals surface area contributed by atoms with Crippen LogP contribution in [0.3, 0.4) is 0 Å². The zero-order valence-corrected chi connectivity index (χ0v) is 9.06. The molecule has 0 aliphatic rings. The van der Waals surface area contributed by atoms with Gasteiger partial charge < -0.3 is 5.11 Å². The Morgan fingerprint density at radius 3 is 2.31 bits per heavy atom. The van der Waals surface area contributed by atoms with Crippen LogP contribution in [-0.2, 0) is 21.8 Å². The lowest BCUT2D eigenvalue weighted by atomic mass is 10.1. The molecule has 0 radical (unpaired) electrons. The van der Waals surface area contributed by atoms with Gasteiger partial charge in [-0.2, -0.15) is 13.2 Å². The van der Waals surface area contributed by atoms with Gasteiger partial charge in [-0.1, -0.05) is 6.07 Å². The van der Waals surface area contributed by atoms with Crippen molar-refractivity contribution in [3.8, 4) is 5.75 Å². The van der Waals surface area contributed by atoms with E-state index in [0.29, 0.717) is 6.07 Å². The highest BCUT2D eigenvalue weighted by atomic mass is 32.2. The van der Waals surface area contributed by atoms with Crippen molar-refractivity contribution in [1.82, 2.24) is 0 Å². The van der Waals surface area contributed by atoms with Crippen LogP contribution in [0.2, 0.25) is 0 Å². The molecule has 90 valence electrons. The smallest absolute Gasteiger partial charge is 0.419 e. The molecule has 0 saturated carbocycles. The average Bonchev–Trinajstić information content (AvgIpc) is 2.04. The van der Waals surface area contributed by atoms with Crippen LogP contribution in [0.5, 0.6) is 5.75 Å². The first kappa shape index (κ1) is 12.8. The van der Waals surface area contributed by atoms with Gasteiger partial charge in [0.05, 0.1) is 11.3 Å². The van der Waals surface area contributed by atoms with Gasteiger partial charge in [-0.3, -0.25) is 0 Å². The van der Waals surface area contributed by atoms with Crippen LogP contribution in [0.15, 0.2) is 18.2 Å². The van der Waals surface area contributed by atoms with Gasteiger partial charge in [0.25, 0.3) is 0 Å². The summed E-state index contributed by atoms with van der Waals surface area (Å²) in [5, 5.41) is 9.00. The first-order valence-electron chi connectivity index (χ1n) is 4.16. The largest absolute Gasteiger partial charge is 0.507 e. The fraction of sp³-hybridized carbons (Fsp3) is 0.333. The normalized spacial score (nSPS) is 12.8. The standard InChI is InChI=1S/C9H9F3O3S/c1-16(14,15)5-6-2-3-8(13)7(4-6)9(10,11)12/h2-4,13H,5H2,1H3. The molecule has 0 aromatic heterocycles. The predicted molar refractivity (Wildman–Crippen MR) is 51.7 cm³/mol. The Balaban J connectivity index is 3.18. The van der Waals surface area contributed by atoms with Crippen molar-refractivity contribution in [2.75, 3.05) is 6.26 Å². The number of sulfone groups is 1. The van der Waals surface area contributed by atoms with E-state index in [0.717, 1.165) is 18.4 Å². The molecule has 0 fully saturated rings. The zero-order chi connectivity index (χ0) is 12.6. The monoisotopic (exact) mass is 254 g/mol. The molecule has 1 aromatic rings. The quantitative estimate of drug-likeness (QED) is 0.877. The number of phenolic OH excluding ortho intramolecular Hbond substituents is 1. The van der Waals surface area contributed by atoms with Crippen LogP contribution >= 0.6 is 0 Å². The molecule has 1 N–H and O–H groups in total. The molecule has 0 amide bonds. The van der Waals surface area contributed by atoms with E-state index < -0.39 is 33.1 Å². The second kappa shape index (κ2) is 3.97. The summed E-state index contributed by atoms with van der Waals surface area (Å²) >= 11 is 0. The first-order chi connectivity index (χ1) is 7.09. The number of aromatic hydroxyl groups is 1. The Hall–Kier alpha value is -1.24. The molecule has 0 saturated heterocycles. The Kier molecular flexibility index (Phi) is 3.18. The molecule has 0 aliphatic heterocycles. The van der Waals surface area contributed by atoms with E-state index in [9.17, 15) is 21.6 Å². The molecule has 0 heterocycles. The average molecular weight is 254 g/mol. The molecular formula is C9H9F3O3S. The lowest BCUT2D eigenvalue weighted by molar-refractivity contribution is -0.138. The number of phenols is 1.